The lowest BCUT2D eigenvalue weighted by molar-refractivity contribution is -0.119. The van der Waals surface area contributed by atoms with Gasteiger partial charge < -0.3 is 19.6 Å². The summed E-state index contributed by atoms with van der Waals surface area (Å²) in [5, 5.41) is 9.80. The standard InChI is InChI=1S/C41H42F5N3O6S/c1-41(2,3)28-17-23(16-27(18-28)24-10-11-24)20-49(31-15-12-25(40(51)52)19-32(31)55-29-13-14-29)33(50)22-48(21-26-8-6-7-9-30(26)47(4)5)56(53,54)39-37(45)35(43)34(42)36(44)38(39)46/h6-9,12,15-19,24,29H,10-11,13-14,20-22H2,1-5H3,(H,51,52). The van der Waals surface area contributed by atoms with Gasteiger partial charge in [-0.05, 0) is 83.5 Å². The van der Waals surface area contributed by atoms with Crippen molar-refractivity contribution in [3.8, 4) is 5.75 Å². The van der Waals surface area contributed by atoms with Gasteiger partial charge in [-0.3, -0.25) is 4.79 Å². The molecule has 298 valence electrons. The topological polar surface area (TPSA) is 107 Å². The smallest absolute Gasteiger partial charge is 0.335 e. The Morgan fingerprint density at radius 1 is 0.804 bits per heavy atom. The third kappa shape index (κ3) is 8.53. The van der Waals surface area contributed by atoms with E-state index >= 15 is 8.78 Å². The van der Waals surface area contributed by atoms with Gasteiger partial charge in [-0.25, -0.2) is 35.2 Å². The Hall–Kier alpha value is -5.02. The number of nitrogens with zero attached hydrogens (tertiary/aromatic N) is 3. The molecule has 0 radical (unpaired) electrons. The zero-order valence-electron chi connectivity index (χ0n) is 31.5. The van der Waals surface area contributed by atoms with Crippen molar-refractivity contribution in [3.63, 3.8) is 0 Å². The van der Waals surface area contributed by atoms with Crippen LogP contribution >= 0.6 is 0 Å². The lowest BCUT2D eigenvalue weighted by atomic mass is 9.84. The number of carboxylic acids is 1. The number of amides is 1. The number of hydrogen-bond donors (Lipinski definition) is 1. The first-order valence-electron chi connectivity index (χ1n) is 18.0. The van der Waals surface area contributed by atoms with Crippen molar-refractivity contribution in [3.05, 3.63) is 118 Å². The van der Waals surface area contributed by atoms with Gasteiger partial charge in [-0.2, -0.15) is 4.31 Å². The van der Waals surface area contributed by atoms with E-state index in [0.717, 1.165) is 24.0 Å². The summed E-state index contributed by atoms with van der Waals surface area (Å²) >= 11 is 0. The fourth-order valence-electron chi connectivity index (χ4n) is 6.39. The first-order chi connectivity index (χ1) is 26.3. The number of halogens is 5. The van der Waals surface area contributed by atoms with Gasteiger partial charge in [0.25, 0.3) is 0 Å². The summed E-state index contributed by atoms with van der Waals surface area (Å²) in [7, 11) is -2.36. The number of sulfonamides is 1. The molecule has 0 heterocycles. The van der Waals surface area contributed by atoms with Crippen LogP contribution in [0.3, 0.4) is 0 Å². The molecule has 2 fully saturated rings. The quantitative estimate of drug-likeness (QED) is 0.0778. The zero-order chi connectivity index (χ0) is 40.9. The lowest BCUT2D eigenvalue weighted by Crippen LogP contribution is -2.43. The minimum absolute atomic E-state index is 0.0299. The first kappa shape index (κ1) is 40.6. The third-order valence-corrected chi connectivity index (χ3v) is 11.6. The van der Waals surface area contributed by atoms with E-state index in [-0.39, 0.29) is 40.6 Å². The summed E-state index contributed by atoms with van der Waals surface area (Å²) in [5.74, 6) is -14.5. The van der Waals surface area contributed by atoms with Crippen LogP contribution in [0.25, 0.3) is 0 Å². The molecule has 0 spiro atoms. The van der Waals surface area contributed by atoms with Crippen LogP contribution in [0.5, 0.6) is 5.75 Å². The number of aromatic carboxylic acids is 1. The average molecular weight is 800 g/mol. The summed E-state index contributed by atoms with van der Waals surface area (Å²) in [6.45, 7) is 4.06. The molecular formula is C41H42F5N3O6S. The van der Waals surface area contributed by atoms with Crippen LogP contribution < -0.4 is 14.5 Å². The minimum atomic E-state index is -5.66. The number of anilines is 2. The molecule has 15 heteroatoms. The Balaban J connectivity index is 1.51. The van der Waals surface area contributed by atoms with E-state index in [4.69, 9.17) is 4.74 Å². The largest absolute Gasteiger partial charge is 0.488 e. The molecule has 4 aromatic carbocycles. The van der Waals surface area contributed by atoms with Crippen molar-refractivity contribution in [2.24, 2.45) is 0 Å². The molecule has 2 aliphatic carbocycles. The van der Waals surface area contributed by atoms with E-state index < -0.39 is 69.0 Å². The Kier molecular flexibility index (Phi) is 11.2. The summed E-state index contributed by atoms with van der Waals surface area (Å²) in [6, 6.07) is 16.2. The molecular weight excluding hydrogens is 758 g/mol. The van der Waals surface area contributed by atoms with Gasteiger partial charge in [0, 0.05) is 26.3 Å². The molecule has 1 amide bonds. The number of carbonyl (C=O) groups is 2. The Morgan fingerprint density at radius 2 is 1.43 bits per heavy atom. The minimum Gasteiger partial charge on any atom is -0.488 e. The highest BCUT2D eigenvalue weighted by atomic mass is 32.2. The Labute approximate surface area is 322 Å². The molecule has 0 unspecified atom stereocenters. The van der Waals surface area contributed by atoms with Crippen molar-refractivity contribution in [1.82, 2.24) is 4.31 Å². The number of carbonyl (C=O) groups excluding carboxylic acids is 1. The number of benzene rings is 4. The maximum atomic E-state index is 15.3. The van der Waals surface area contributed by atoms with E-state index in [0.29, 0.717) is 34.3 Å². The monoisotopic (exact) mass is 799 g/mol. The predicted molar refractivity (Wildman–Crippen MR) is 200 cm³/mol. The van der Waals surface area contributed by atoms with Crippen LogP contribution in [-0.4, -0.2) is 56.5 Å². The molecule has 9 nitrogen and oxygen atoms in total. The average Bonchev–Trinajstić information content (AvgIpc) is 4.08. The molecule has 0 saturated heterocycles. The molecule has 0 aliphatic heterocycles. The second-order valence-corrected chi connectivity index (χ2v) is 17.3. The third-order valence-electron chi connectivity index (χ3n) is 9.79. The molecule has 0 atom stereocenters. The zero-order valence-corrected chi connectivity index (χ0v) is 32.3. The maximum Gasteiger partial charge on any atom is 0.335 e. The Bertz CT molecular complexity index is 2280. The van der Waals surface area contributed by atoms with Crippen molar-refractivity contribution < 1.29 is 49.8 Å². The van der Waals surface area contributed by atoms with Gasteiger partial charge in [0.2, 0.25) is 21.7 Å². The fraction of sp³-hybridized carbons (Fsp3) is 0.366. The fourth-order valence-corrected chi connectivity index (χ4v) is 7.87. The molecule has 0 bridgehead atoms. The van der Waals surface area contributed by atoms with Crippen LogP contribution in [0.2, 0.25) is 0 Å². The van der Waals surface area contributed by atoms with Gasteiger partial charge in [-0.1, -0.05) is 57.2 Å². The second kappa shape index (κ2) is 15.5. The summed E-state index contributed by atoms with van der Waals surface area (Å²) in [5.41, 5.74) is 3.00. The van der Waals surface area contributed by atoms with Crippen LogP contribution in [0.4, 0.5) is 33.3 Å². The highest BCUT2D eigenvalue weighted by Gasteiger charge is 2.40. The highest BCUT2D eigenvalue weighted by molar-refractivity contribution is 7.89. The number of ether oxygens (including phenoxy) is 1. The molecule has 1 N–H and O–H groups in total. The van der Waals surface area contributed by atoms with Crippen LogP contribution in [-0.2, 0) is 33.3 Å². The normalized spacial score (nSPS) is 14.6. The second-order valence-electron chi connectivity index (χ2n) is 15.5. The predicted octanol–water partition coefficient (Wildman–Crippen LogP) is 8.29. The van der Waals surface area contributed by atoms with Crippen molar-refractivity contribution in [2.75, 3.05) is 30.4 Å². The first-order valence-corrected chi connectivity index (χ1v) is 19.5. The molecule has 0 aromatic heterocycles. The summed E-state index contributed by atoms with van der Waals surface area (Å²) in [6.07, 6.45) is 3.02. The number of para-hydroxylation sites is 1. The van der Waals surface area contributed by atoms with Gasteiger partial charge >= 0.3 is 5.97 Å². The Morgan fingerprint density at radius 3 is 2.00 bits per heavy atom. The summed E-state index contributed by atoms with van der Waals surface area (Å²) in [4.78, 5) is 27.6. The van der Waals surface area contributed by atoms with Crippen molar-refractivity contribution in [2.45, 2.75) is 81.9 Å². The van der Waals surface area contributed by atoms with Gasteiger partial charge in [0.05, 0.1) is 30.4 Å². The van der Waals surface area contributed by atoms with E-state index in [2.05, 4.69) is 6.07 Å². The number of carboxylic acid groups (broad SMARTS) is 1. The van der Waals surface area contributed by atoms with Crippen LogP contribution in [0, 0.1) is 29.1 Å². The number of rotatable bonds is 14. The lowest BCUT2D eigenvalue weighted by Gasteiger charge is -2.30. The maximum absolute atomic E-state index is 15.3. The van der Waals surface area contributed by atoms with Gasteiger partial charge in [-0.15, -0.1) is 0 Å². The van der Waals surface area contributed by atoms with Crippen molar-refractivity contribution >= 4 is 33.3 Å². The molecule has 2 aliphatic rings. The highest BCUT2D eigenvalue weighted by Crippen LogP contribution is 2.43. The van der Waals surface area contributed by atoms with Crippen LogP contribution in [0.15, 0.2) is 65.6 Å². The summed E-state index contributed by atoms with van der Waals surface area (Å²) < 4.78 is 109. The van der Waals surface area contributed by atoms with E-state index in [1.165, 1.54) is 29.2 Å². The van der Waals surface area contributed by atoms with E-state index in [1.807, 2.05) is 32.9 Å². The van der Waals surface area contributed by atoms with Gasteiger partial charge in [0.1, 0.15) is 5.75 Å². The van der Waals surface area contributed by atoms with Crippen LogP contribution in [0.1, 0.15) is 85.0 Å². The molecule has 56 heavy (non-hydrogen) atoms. The molecule has 2 saturated carbocycles. The molecule has 4 aromatic rings. The van der Waals surface area contributed by atoms with Crippen molar-refractivity contribution in [1.29, 1.82) is 0 Å². The van der Waals surface area contributed by atoms with E-state index in [9.17, 15) is 36.3 Å². The SMILES string of the molecule is CN(C)c1ccccc1CN(CC(=O)N(Cc1cc(C2CC2)cc(C(C)(C)C)c1)c1ccc(C(=O)O)cc1OC1CC1)S(=O)(=O)c1c(F)c(F)c(F)c(F)c1F. The number of hydrogen-bond acceptors (Lipinski definition) is 6. The van der Waals surface area contributed by atoms with Gasteiger partial charge in [0.15, 0.2) is 28.2 Å². The molecule has 6 rings (SSSR count). The van der Waals surface area contributed by atoms with E-state index in [1.54, 1.807) is 37.2 Å².